The fraction of sp³-hybridized carbons (Fsp3) is 0.179. The molecular weight excluding hydrogens is 489 g/mol. The van der Waals surface area contributed by atoms with Crippen LogP contribution in [0.5, 0.6) is 5.75 Å². The van der Waals surface area contributed by atoms with E-state index in [1.807, 2.05) is 42.5 Å². The Kier molecular flexibility index (Phi) is 7.93. The number of anilines is 2. The number of aromatic nitrogens is 3. The lowest BCUT2D eigenvalue weighted by atomic mass is 10.2. The van der Waals surface area contributed by atoms with Crippen molar-refractivity contribution in [2.75, 3.05) is 23.9 Å². The number of furan rings is 1. The second-order valence-corrected chi connectivity index (χ2v) is 9.29. The summed E-state index contributed by atoms with van der Waals surface area (Å²) >= 11 is 1.81. The van der Waals surface area contributed by atoms with Crippen molar-refractivity contribution in [3.05, 3.63) is 96.4 Å². The van der Waals surface area contributed by atoms with Crippen LogP contribution in [-0.2, 0) is 13.2 Å². The van der Waals surface area contributed by atoms with Gasteiger partial charge in [0.05, 0.1) is 18.3 Å². The molecule has 37 heavy (non-hydrogen) atoms. The van der Waals surface area contributed by atoms with E-state index in [9.17, 15) is 4.39 Å². The van der Waals surface area contributed by atoms with Crippen LogP contribution in [0.1, 0.15) is 11.3 Å². The number of rotatable bonds is 11. The van der Waals surface area contributed by atoms with Crippen molar-refractivity contribution >= 4 is 34.2 Å². The number of pyridine rings is 1. The smallest absolute Gasteiger partial charge is 0.152 e. The molecule has 0 radical (unpaired) electrons. The molecule has 3 aromatic heterocycles. The average Bonchev–Trinajstić information content (AvgIpc) is 3.41. The summed E-state index contributed by atoms with van der Waals surface area (Å²) in [6.45, 7) is 1.97. The minimum absolute atomic E-state index is 0.261. The summed E-state index contributed by atoms with van der Waals surface area (Å²) in [7, 11) is 0. The van der Waals surface area contributed by atoms with Gasteiger partial charge in [-0.15, -0.1) is 0 Å². The van der Waals surface area contributed by atoms with Crippen molar-refractivity contribution in [2.45, 2.75) is 13.2 Å². The third-order valence-electron chi connectivity index (χ3n) is 5.65. The van der Waals surface area contributed by atoms with Crippen LogP contribution in [0.15, 0.2) is 83.7 Å². The van der Waals surface area contributed by atoms with Crippen molar-refractivity contribution in [1.82, 2.24) is 20.3 Å². The van der Waals surface area contributed by atoms with Gasteiger partial charge in [0.1, 0.15) is 41.8 Å². The van der Waals surface area contributed by atoms with Crippen LogP contribution in [0, 0.1) is 5.82 Å². The molecule has 0 saturated heterocycles. The highest BCUT2D eigenvalue weighted by Crippen LogP contribution is 2.28. The van der Waals surface area contributed by atoms with Gasteiger partial charge in [-0.1, -0.05) is 12.1 Å². The molecule has 0 unspecified atom stereocenters. The van der Waals surface area contributed by atoms with Gasteiger partial charge in [-0.05, 0) is 66.4 Å². The molecule has 0 fully saturated rings. The van der Waals surface area contributed by atoms with Crippen LogP contribution in [0.2, 0.25) is 0 Å². The summed E-state index contributed by atoms with van der Waals surface area (Å²) in [5, 5.41) is 7.56. The van der Waals surface area contributed by atoms with Crippen LogP contribution in [0.4, 0.5) is 15.9 Å². The molecule has 0 aliphatic heterocycles. The first-order chi connectivity index (χ1) is 18.2. The highest BCUT2D eigenvalue weighted by Gasteiger charge is 2.11. The van der Waals surface area contributed by atoms with Gasteiger partial charge in [0.15, 0.2) is 5.76 Å². The number of fused-ring (bicyclic) bond motifs is 1. The maximum absolute atomic E-state index is 13.1. The zero-order valence-corrected chi connectivity index (χ0v) is 21.1. The molecule has 9 heteroatoms. The molecule has 0 bridgehead atoms. The Morgan fingerprint density at radius 2 is 1.81 bits per heavy atom. The van der Waals surface area contributed by atoms with Gasteiger partial charge < -0.3 is 19.8 Å². The molecular formula is C28H26FN5O2S. The third kappa shape index (κ3) is 6.44. The van der Waals surface area contributed by atoms with Crippen LogP contribution in [0.25, 0.3) is 22.4 Å². The van der Waals surface area contributed by atoms with Crippen molar-refractivity contribution in [1.29, 1.82) is 0 Å². The Bertz CT molecular complexity index is 1460. The van der Waals surface area contributed by atoms with Crippen molar-refractivity contribution in [2.24, 2.45) is 0 Å². The Hall–Kier alpha value is -3.95. The molecule has 0 amide bonds. The average molecular weight is 516 g/mol. The Labute approximate surface area is 218 Å². The van der Waals surface area contributed by atoms with Crippen LogP contribution in [-0.4, -0.2) is 33.5 Å². The molecule has 7 nitrogen and oxygen atoms in total. The normalized spacial score (nSPS) is 11.1. The summed E-state index contributed by atoms with van der Waals surface area (Å²) in [5.41, 5.74) is 3.19. The predicted molar refractivity (Wildman–Crippen MR) is 146 cm³/mol. The van der Waals surface area contributed by atoms with E-state index in [2.05, 4.69) is 31.8 Å². The van der Waals surface area contributed by atoms with E-state index in [-0.39, 0.29) is 5.82 Å². The first kappa shape index (κ1) is 24.7. The van der Waals surface area contributed by atoms with E-state index >= 15 is 0 Å². The topological polar surface area (TPSA) is 85.1 Å². The number of nitrogens with zero attached hydrogens (tertiary/aromatic N) is 3. The minimum Gasteiger partial charge on any atom is -0.489 e. The lowest BCUT2D eigenvalue weighted by molar-refractivity contribution is 0.306. The Morgan fingerprint density at radius 3 is 2.62 bits per heavy atom. The van der Waals surface area contributed by atoms with E-state index in [1.165, 1.54) is 18.5 Å². The molecule has 0 atom stereocenters. The maximum atomic E-state index is 13.1. The Morgan fingerprint density at radius 1 is 0.973 bits per heavy atom. The molecule has 188 valence electrons. The van der Waals surface area contributed by atoms with Crippen molar-refractivity contribution < 1.29 is 13.5 Å². The van der Waals surface area contributed by atoms with Gasteiger partial charge >= 0.3 is 0 Å². The van der Waals surface area contributed by atoms with Gasteiger partial charge in [-0.25, -0.2) is 14.4 Å². The highest BCUT2D eigenvalue weighted by molar-refractivity contribution is 7.98. The largest absolute Gasteiger partial charge is 0.489 e. The fourth-order valence-electron chi connectivity index (χ4n) is 3.71. The molecule has 0 spiro atoms. The predicted octanol–water partition coefficient (Wildman–Crippen LogP) is 6.20. The molecule has 5 aromatic rings. The van der Waals surface area contributed by atoms with E-state index in [0.717, 1.165) is 40.2 Å². The summed E-state index contributed by atoms with van der Waals surface area (Å²) in [6, 6.07) is 19.7. The summed E-state index contributed by atoms with van der Waals surface area (Å²) in [5.74, 6) is 3.73. The van der Waals surface area contributed by atoms with Crippen LogP contribution >= 0.6 is 11.8 Å². The van der Waals surface area contributed by atoms with Crippen LogP contribution < -0.4 is 15.4 Å². The zero-order valence-electron chi connectivity index (χ0n) is 20.3. The SMILES string of the molecule is CSCCNCc1ccc(-c2cc3c(Nc4ccc(OCc5ccc(F)cc5)cc4)ncnc3cn2)o1. The lowest BCUT2D eigenvalue weighted by Crippen LogP contribution is -2.15. The minimum atomic E-state index is -0.261. The van der Waals surface area contributed by atoms with E-state index in [4.69, 9.17) is 9.15 Å². The molecule has 0 saturated carbocycles. The quantitative estimate of drug-likeness (QED) is 0.201. The monoisotopic (exact) mass is 515 g/mol. The summed E-state index contributed by atoms with van der Waals surface area (Å²) < 4.78 is 24.9. The lowest BCUT2D eigenvalue weighted by Gasteiger charge is -2.10. The number of halogens is 1. The third-order valence-corrected chi connectivity index (χ3v) is 6.27. The second kappa shape index (κ2) is 11.9. The molecule has 2 aromatic carbocycles. The fourth-order valence-corrected chi connectivity index (χ4v) is 4.06. The first-order valence-corrected chi connectivity index (χ1v) is 13.2. The Balaban J connectivity index is 1.28. The molecule has 2 N–H and O–H groups in total. The summed E-state index contributed by atoms with van der Waals surface area (Å²) in [6.07, 6.45) is 5.33. The van der Waals surface area contributed by atoms with Gasteiger partial charge in [0.2, 0.25) is 0 Å². The number of thioether (sulfide) groups is 1. The van der Waals surface area contributed by atoms with Crippen molar-refractivity contribution in [3.8, 4) is 17.2 Å². The van der Waals surface area contributed by atoms with Gasteiger partial charge in [-0.2, -0.15) is 11.8 Å². The number of hydrogen-bond acceptors (Lipinski definition) is 8. The van der Waals surface area contributed by atoms with E-state index in [1.54, 1.807) is 30.1 Å². The van der Waals surface area contributed by atoms with Crippen LogP contribution in [0.3, 0.4) is 0 Å². The molecule has 0 aliphatic carbocycles. The summed E-state index contributed by atoms with van der Waals surface area (Å²) in [4.78, 5) is 13.3. The highest BCUT2D eigenvalue weighted by atomic mass is 32.2. The number of benzene rings is 2. The second-order valence-electron chi connectivity index (χ2n) is 8.31. The van der Waals surface area contributed by atoms with Crippen molar-refractivity contribution in [3.63, 3.8) is 0 Å². The van der Waals surface area contributed by atoms with Gasteiger partial charge in [0, 0.05) is 23.4 Å². The van der Waals surface area contributed by atoms with Gasteiger partial charge in [0.25, 0.3) is 0 Å². The molecule has 0 aliphatic rings. The number of hydrogen-bond donors (Lipinski definition) is 2. The zero-order chi connectivity index (χ0) is 25.5. The standard InChI is InChI=1S/C28H26FN5O2S/c1-37-13-12-30-15-23-10-11-27(36-23)25-14-24-26(16-31-25)32-18-33-28(24)34-21-6-8-22(9-7-21)35-17-19-2-4-20(29)5-3-19/h2-11,14,16,18,30H,12-13,15,17H2,1H3,(H,32,33,34). The molecule has 3 heterocycles. The van der Waals surface area contributed by atoms with E-state index < -0.39 is 0 Å². The first-order valence-electron chi connectivity index (χ1n) is 11.8. The maximum Gasteiger partial charge on any atom is 0.152 e. The molecule has 5 rings (SSSR count). The number of ether oxygens (including phenoxy) is 1. The van der Waals surface area contributed by atoms with E-state index in [0.29, 0.717) is 36.2 Å². The number of nitrogens with one attached hydrogen (secondary N) is 2. The van der Waals surface area contributed by atoms with Gasteiger partial charge in [-0.3, -0.25) is 4.98 Å².